The molecule has 1 atom stereocenters. The smallest absolute Gasteiger partial charge is 0.310 e. The monoisotopic (exact) mass is 376 g/mol. The molecule has 0 aromatic heterocycles. The van der Waals surface area contributed by atoms with Crippen LogP contribution in [0.25, 0.3) is 0 Å². The second-order valence-corrected chi connectivity index (χ2v) is 6.34. The van der Waals surface area contributed by atoms with E-state index < -0.39 is 4.92 Å². The maximum atomic E-state index is 12.5. The fraction of sp³-hybridized carbons (Fsp3) is 0.136. The van der Waals surface area contributed by atoms with Crippen LogP contribution in [-0.4, -0.2) is 17.4 Å². The summed E-state index contributed by atoms with van der Waals surface area (Å²) in [6.45, 7) is 1.68. The average Bonchev–Trinajstić information content (AvgIpc) is 2.72. The van der Waals surface area contributed by atoms with Gasteiger partial charge < -0.3 is 10.1 Å². The minimum absolute atomic E-state index is 0.0641. The molecule has 0 unspecified atom stereocenters. The summed E-state index contributed by atoms with van der Waals surface area (Å²) in [5, 5.41) is 14.0. The van der Waals surface area contributed by atoms with Gasteiger partial charge in [0.25, 0.3) is 5.91 Å². The van der Waals surface area contributed by atoms with E-state index in [4.69, 9.17) is 4.74 Å². The first-order chi connectivity index (χ1) is 13.5. The molecular weight excluding hydrogens is 356 g/mol. The number of hydrogen-bond acceptors (Lipinski definition) is 4. The van der Waals surface area contributed by atoms with E-state index in [1.165, 1.54) is 12.1 Å². The number of hydrogen-bond donors (Lipinski definition) is 1. The highest BCUT2D eigenvalue weighted by molar-refractivity contribution is 5.78. The Morgan fingerprint density at radius 3 is 2.25 bits per heavy atom. The molecule has 0 fully saturated rings. The number of carbonyl (C=O) groups is 1. The van der Waals surface area contributed by atoms with E-state index >= 15 is 0 Å². The lowest BCUT2D eigenvalue weighted by Crippen LogP contribution is -2.33. The van der Waals surface area contributed by atoms with Gasteiger partial charge in [0, 0.05) is 6.07 Å². The largest absolute Gasteiger partial charge is 0.477 e. The number of nitrogens with zero attached hydrogens (tertiary/aromatic N) is 1. The van der Waals surface area contributed by atoms with Crippen LogP contribution < -0.4 is 10.1 Å². The third kappa shape index (κ3) is 4.73. The Balaban J connectivity index is 1.75. The van der Waals surface area contributed by atoms with Crippen LogP contribution in [0.1, 0.15) is 22.7 Å². The Hall–Kier alpha value is -3.67. The molecule has 0 aliphatic rings. The van der Waals surface area contributed by atoms with Gasteiger partial charge in [-0.2, -0.15) is 0 Å². The van der Waals surface area contributed by atoms with Crippen LogP contribution in [0.4, 0.5) is 5.69 Å². The van der Waals surface area contributed by atoms with E-state index in [0.29, 0.717) is 0 Å². The fourth-order valence-electron chi connectivity index (χ4n) is 2.84. The number of para-hydroxylation sites is 2. The minimum atomic E-state index is -0.535. The molecule has 0 spiro atoms. The summed E-state index contributed by atoms with van der Waals surface area (Å²) in [4.78, 5) is 23.0. The van der Waals surface area contributed by atoms with E-state index in [1.54, 1.807) is 12.1 Å². The Kier molecular flexibility index (Phi) is 6.01. The lowest BCUT2D eigenvalue weighted by molar-refractivity contribution is -0.385. The predicted octanol–water partition coefficient (Wildman–Crippen LogP) is 4.19. The molecule has 1 amide bonds. The van der Waals surface area contributed by atoms with Crippen molar-refractivity contribution in [1.29, 1.82) is 0 Å². The molecule has 28 heavy (non-hydrogen) atoms. The zero-order valence-corrected chi connectivity index (χ0v) is 15.4. The molecule has 6 nitrogen and oxygen atoms in total. The molecule has 3 aromatic carbocycles. The third-order valence-corrected chi connectivity index (χ3v) is 4.27. The second kappa shape index (κ2) is 8.81. The first-order valence-electron chi connectivity index (χ1n) is 8.81. The van der Waals surface area contributed by atoms with Gasteiger partial charge in [0.1, 0.15) is 0 Å². The van der Waals surface area contributed by atoms with E-state index in [2.05, 4.69) is 5.32 Å². The molecule has 3 aromatic rings. The Morgan fingerprint density at radius 2 is 1.57 bits per heavy atom. The molecule has 0 aliphatic carbocycles. The van der Waals surface area contributed by atoms with Gasteiger partial charge in [-0.05, 0) is 24.1 Å². The molecule has 6 heteroatoms. The number of rotatable bonds is 7. The summed E-state index contributed by atoms with van der Waals surface area (Å²) in [6, 6.07) is 23.2. The molecule has 0 heterocycles. The Labute approximate surface area is 162 Å². The van der Waals surface area contributed by atoms with Gasteiger partial charge in [-0.25, -0.2) is 0 Å². The lowest BCUT2D eigenvalue weighted by Gasteiger charge is -2.20. The van der Waals surface area contributed by atoms with Crippen molar-refractivity contribution in [3.05, 3.63) is 106 Å². The van der Waals surface area contributed by atoms with Gasteiger partial charge in [-0.1, -0.05) is 72.3 Å². The highest BCUT2D eigenvalue weighted by Crippen LogP contribution is 2.26. The highest BCUT2D eigenvalue weighted by Gasteiger charge is 2.19. The van der Waals surface area contributed by atoms with E-state index in [1.807, 2.05) is 61.5 Å². The van der Waals surface area contributed by atoms with Crippen molar-refractivity contribution in [2.75, 3.05) is 6.61 Å². The van der Waals surface area contributed by atoms with Crippen molar-refractivity contribution in [2.45, 2.75) is 13.0 Å². The van der Waals surface area contributed by atoms with Crippen molar-refractivity contribution in [3.63, 3.8) is 0 Å². The molecule has 0 aliphatic heterocycles. The van der Waals surface area contributed by atoms with Crippen molar-refractivity contribution in [2.24, 2.45) is 0 Å². The van der Waals surface area contributed by atoms with Gasteiger partial charge in [0.15, 0.2) is 12.4 Å². The second-order valence-electron chi connectivity index (χ2n) is 6.34. The zero-order chi connectivity index (χ0) is 19.9. The van der Waals surface area contributed by atoms with Crippen LogP contribution >= 0.6 is 0 Å². The molecule has 0 saturated carbocycles. The molecule has 0 bridgehead atoms. The number of amides is 1. The summed E-state index contributed by atoms with van der Waals surface area (Å²) in [5.41, 5.74) is 2.83. The number of nitrogens with one attached hydrogen (secondary N) is 1. The van der Waals surface area contributed by atoms with Crippen molar-refractivity contribution in [3.8, 4) is 5.75 Å². The summed E-state index contributed by atoms with van der Waals surface area (Å²) in [6.07, 6.45) is 0. The molecule has 142 valence electrons. The topological polar surface area (TPSA) is 81.5 Å². The molecule has 0 radical (unpaired) electrons. The summed E-state index contributed by atoms with van der Waals surface area (Å²) in [5.74, 6) is -0.304. The molecular formula is C22H20N2O4. The van der Waals surface area contributed by atoms with Crippen LogP contribution in [0.2, 0.25) is 0 Å². The minimum Gasteiger partial charge on any atom is -0.477 e. The van der Waals surface area contributed by atoms with Gasteiger partial charge in [-0.15, -0.1) is 0 Å². The quantitative estimate of drug-likeness (QED) is 0.495. The first kappa shape index (κ1) is 19.1. The zero-order valence-electron chi connectivity index (χ0n) is 15.4. The molecule has 1 N–H and O–H groups in total. The summed E-state index contributed by atoms with van der Waals surface area (Å²) < 4.78 is 5.40. The number of carbonyl (C=O) groups excluding carboxylic acids is 1. The van der Waals surface area contributed by atoms with Gasteiger partial charge in [0.2, 0.25) is 0 Å². The lowest BCUT2D eigenvalue weighted by atomic mass is 9.98. The van der Waals surface area contributed by atoms with Crippen LogP contribution in [0.5, 0.6) is 5.75 Å². The van der Waals surface area contributed by atoms with Crippen molar-refractivity contribution in [1.82, 2.24) is 5.32 Å². The number of benzene rings is 3. The van der Waals surface area contributed by atoms with Gasteiger partial charge >= 0.3 is 5.69 Å². The number of aryl methyl sites for hydroxylation is 1. The number of nitro groups is 1. The normalized spacial score (nSPS) is 11.5. The summed E-state index contributed by atoms with van der Waals surface area (Å²) >= 11 is 0. The third-order valence-electron chi connectivity index (χ3n) is 4.27. The molecule has 0 saturated heterocycles. The highest BCUT2D eigenvalue weighted by atomic mass is 16.6. The van der Waals surface area contributed by atoms with Crippen LogP contribution in [0.15, 0.2) is 78.9 Å². The van der Waals surface area contributed by atoms with E-state index in [-0.39, 0.29) is 30.0 Å². The van der Waals surface area contributed by atoms with E-state index in [9.17, 15) is 14.9 Å². The maximum Gasteiger partial charge on any atom is 0.310 e. The average molecular weight is 376 g/mol. The van der Waals surface area contributed by atoms with Crippen molar-refractivity contribution >= 4 is 11.6 Å². The number of ether oxygens (including phenoxy) is 1. The van der Waals surface area contributed by atoms with Gasteiger partial charge in [0.05, 0.1) is 11.0 Å². The maximum absolute atomic E-state index is 12.5. The van der Waals surface area contributed by atoms with Crippen LogP contribution in [-0.2, 0) is 4.79 Å². The van der Waals surface area contributed by atoms with Gasteiger partial charge in [-0.3, -0.25) is 14.9 Å². The van der Waals surface area contributed by atoms with E-state index in [0.717, 1.165) is 16.7 Å². The predicted molar refractivity (Wildman–Crippen MR) is 106 cm³/mol. The number of nitro benzene ring substituents is 1. The summed E-state index contributed by atoms with van der Waals surface area (Å²) in [7, 11) is 0. The van der Waals surface area contributed by atoms with Crippen molar-refractivity contribution < 1.29 is 14.5 Å². The SMILES string of the molecule is Cc1ccc([C@H](NC(=O)COc2ccccc2[N+](=O)[O-])c2ccccc2)cc1. The van der Waals surface area contributed by atoms with Crippen LogP contribution in [0.3, 0.4) is 0 Å². The fourth-order valence-corrected chi connectivity index (χ4v) is 2.84. The van der Waals surface area contributed by atoms with Crippen LogP contribution in [0, 0.1) is 17.0 Å². The molecule has 3 rings (SSSR count). The first-order valence-corrected chi connectivity index (χ1v) is 8.81. The Morgan fingerprint density at radius 1 is 0.964 bits per heavy atom. The standard InChI is InChI=1S/C22H20N2O4/c1-16-11-13-18(14-12-16)22(17-7-3-2-4-8-17)23-21(25)15-28-20-10-6-5-9-19(20)24(26)27/h2-14,22H,15H2,1H3,(H,23,25)/t22-/m1/s1. The Bertz CT molecular complexity index is 956.